The van der Waals surface area contributed by atoms with E-state index in [-0.39, 0.29) is 48.7 Å². The molecule has 0 bridgehead atoms. The molecule has 7 nitrogen and oxygen atoms in total. The Hall–Kier alpha value is -0.860. The number of rotatable bonds is 8. The van der Waals surface area contributed by atoms with Crippen LogP contribution in [0.2, 0.25) is 0 Å². The van der Waals surface area contributed by atoms with Gasteiger partial charge in [-0.3, -0.25) is 9.48 Å². The van der Waals surface area contributed by atoms with Crippen LogP contribution in [0.1, 0.15) is 31.7 Å². The third kappa shape index (κ3) is 6.07. The van der Waals surface area contributed by atoms with Crippen molar-refractivity contribution in [2.24, 2.45) is 13.0 Å². The van der Waals surface area contributed by atoms with Crippen molar-refractivity contribution in [1.82, 2.24) is 24.9 Å². The number of hydrogen-bond donors (Lipinski definition) is 1. The average molecular weight is 436 g/mol. The lowest BCUT2D eigenvalue weighted by Crippen LogP contribution is -2.38. The Morgan fingerprint density at radius 1 is 1.32 bits per heavy atom. The SMILES string of the molecule is CCN(CC)CCOC1CCN(C(=O)[C@H]2CNC[C@@H]2c2cnn(C)c2)C1.Cl.Cl. The number of nitrogens with one attached hydrogen (secondary N) is 1. The largest absolute Gasteiger partial charge is 0.375 e. The minimum absolute atomic E-state index is 0. The summed E-state index contributed by atoms with van der Waals surface area (Å²) in [6.07, 6.45) is 5.05. The topological polar surface area (TPSA) is 62.6 Å². The second-order valence-corrected chi connectivity index (χ2v) is 7.41. The number of aromatic nitrogens is 2. The maximum Gasteiger partial charge on any atom is 0.227 e. The van der Waals surface area contributed by atoms with Gasteiger partial charge in [-0.05, 0) is 25.1 Å². The van der Waals surface area contributed by atoms with Crippen molar-refractivity contribution < 1.29 is 9.53 Å². The van der Waals surface area contributed by atoms with Crippen molar-refractivity contribution >= 4 is 30.7 Å². The number of likely N-dealkylation sites (tertiary alicyclic amines) is 1. The van der Waals surface area contributed by atoms with E-state index in [0.29, 0.717) is 0 Å². The van der Waals surface area contributed by atoms with Crippen LogP contribution >= 0.6 is 24.8 Å². The molecule has 0 radical (unpaired) electrons. The van der Waals surface area contributed by atoms with Gasteiger partial charge >= 0.3 is 0 Å². The van der Waals surface area contributed by atoms with Crippen LogP contribution in [0.4, 0.5) is 0 Å². The predicted molar refractivity (Wildman–Crippen MR) is 116 cm³/mol. The van der Waals surface area contributed by atoms with E-state index >= 15 is 0 Å². The van der Waals surface area contributed by atoms with Crippen LogP contribution in [0.3, 0.4) is 0 Å². The number of aryl methyl sites for hydroxylation is 1. The van der Waals surface area contributed by atoms with Gasteiger partial charge in [-0.25, -0.2) is 0 Å². The van der Waals surface area contributed by atoms with Crippen LogP contribution in [0, 0.1) is 5.92 Å². The molecule has 0 saturated carbocycles. The number of amides is 1. The van der Waals surface area contributed by atoms with E-state index < -0.39 is 0 Å². The number of hydrogen-bond acceptors (Lipinski definition) is 5. The zero-order chi connectivity index (χ0) is 18.5. The van der Waals surface area contributed by atoms with E-state index in [2.05, 4.69) is 29.2 Å². The third-order valence-electron chi connectivity index (χ3n) is 5.80. The van der Waals surface area contributed by atoms with E-state index in [9.17, 15) is 4.79 Å². The van der Waals surface area contributed by atoms with Crippen molar-refractivity contribution in [3.05, 3.63) is 18.0 Å². The average Bonchev–Trinajstić information content (AvgIpc) is 3.38. The molecule has 2 aliphatic heterocycles. The zero-order valence-electron chi connectivity index (χ0n) is 17.2. The summed E-state index contributed by atoms with van der Waals surface area (Å²) < 4.78 is 7.84. The van der Waals surface area contributed by atoms with Gasteiger partial charge in [-0.15, -0.1) is 24.8 Å². The molecule has 1 aromatic rings. The minimum atomic E-state index is 0. The first-order chi connectivity index (χ1) is 12.6. The van der Waals surface area contributed by atoms with Crippen molar-refractivity contribution in [2.45, 2.75) is 32.3 Å². The fourth-order valence-electron chi connectivity index (χ4n) is 4.11. The minimum Gasteiger partial charge on any atom is -0.375 e. The first-order valence-corrected chi connectivity index (χ1v) is 9.94. The highest BCUT2D eigenvalue weighted by Gasteiger charge is 2.39. The fourth-order valence-corrected chi connectivity index (χ4v) is 4.11. The molecule has 1 N–H and O–H groups in total. The normalized spacial score (nSPS) is 24.3. The van der Waals surface area contributed by atoms with Crippen LogP contribution in [0.15, 0.2) is 12.4 Å². The van der Waals surface area contributed by atoms with Gasteiger partial charge < -0.3 is 19.9 Å². The van der Waals surface area contributed by atoms with Gasteiger partial charge in [0, 0.05) is 51.9 Å². The lowest BCUT2D eigenvalue weighted by atomic mass is 9.90. The molecule has 9 heteroatoms. The quantitative estimate of drug-likeness (QED) is 0.670. The molecule has 3 atom stereocenters. The standard InChI is InChI=1S/C19H33N5O2.2ClH/c1-4-23(5-2)8-9-26-16-6-7-24(14-16)19(25)18-12-20-11-17(18)15-10-21-22(3)13-15;;/h10,13,16-18,20H,4-9,11-12,14H2,1-3H3;2*1H/t16?,17-,18+;;/m1../s1. The molecule has 28 heavy (non-hydrogen) atoms. The van der Waals surface area contributed by atoms with Crippen LogP contribution in [0.25, 0.3) is 0 Å². The number of likely N-dealkylation sites (N-methyl/N-ethyl adjacent to an activating group) is 1. The Bertz CT molecular complexity index is 597. The highest BCUT2D eigenvalue weighted by molar-refractivity contribution is 5.85. The molecule has 2 fully saturated rings. The Morgan fingerprint density at radius 2 is 2.07 bits per heavy atom. The Labute approximate surface area is 181 Å². The highest BCUT2D eigenvalue weighted by atomic mass is 35.5. The zero-order valence-corrected chi connectivity index (χ0v) is 18.8. The van der Waals surface area contributed by atoms with Crippen molar-refractivity contribution in [3.63, 3.8) is 0 Å². The van der Waals surface area contributed by atoms with E-state index in [1.54, 1.807) is 0 Å². The second kappa shape index (κ2) is 12.0. The fraction of sp³-hybridized carbons (Fsp3) is 0.789. The van der Waals surface area contributed by atoms with Gasteiger partial charge in [-0.1, -0.05) is 13.8 Å². The van der Waals surface area contributed by atoms with Crippen LogP contribution in [-0.2, 0) is 16.6 Å². The molecule has 0 aliphatic carbocycles. The monoisotopic (exact) mass is 435 g/mol. The summed E-state index contributed by atoms with van der Waals surface area (Å²) in [7, 11) is 1.92. The first-order valence-electron chi connectivity index (χ1n) is 9.94. The molecule has 1 aromatic heterocycles. The van der Waals surface area contributed by atoms with Crippen LogP contribution in [-0.4, -0.2) is 84.0 Å². The number of nitrogens with zero attached hydrogens (tertiary/aromatic N) is 4. The maximum absolute atomic E-state index is 13.1. The summed E-state index contributed by atoms with van der Waals surface area (Å²) in [5.41, 5.74) is 1.15. The molecule has 0 aromatic carbocycles. The number of carbonyl (C=O) groups excluding carboxylic acids is 1. The molecule has 2 saturated heterocycles. The molecule has 1 amide bonds. The number of ether oxygens (including phenoxy) is 1. The number of halogens is 2. The van der Waals surface area contributed by atoms with Gasteiger partial charge in [-0.2, -0.15) is 5.10 Å². The number of carbonyl (C=O) groups is 1. The van der Waals surface area contributed by atoms with E-state index in [4.69, 9.17) is 4.74 Å². The van der Waals surface area contributed by atoms with E-state index in [1.807, 2.05) is 29.0 Å². The van der Waals surface area contributed by atoms with Gasteiger partial charge in [0.25, 0.3) is 0 Å². The molecular formula is C19H35Cl2N5O2. The Morgan fingerprint density at radius 3 is 2.71 bits per heavy atom. The lowest BCUT2D eigenvalue weighted by Gasteiger charge is -2.24. The van der Waals surface area contributed by atoms with E-state index in [1.165, 1.54) is 0 Å². The second-order valence-electron chi connectivity index (χ2n) is 7.41. The molecule has 3 rings (SSSR count). The first kappa shape index (κ1) is 25.2. The highest BCUT2D eigenvalue weighted by Crippen LogP contribution is 2.30. The summed E-state index contributed by atoms with van der Waals surface area (Å²) in [6, 6.07) is 0. The molecule has 162 valence electrons. The van der Waals surface area contributed by atoms with Gasteiger partial charge in [0.2, 0.25) is 5.91 Å². The lowest BCUT2D eigenvalue weighted by molar-refractivity contribution is -0.134. The summed E-state index contributed by atoms with van der Waals surface area (Å²) in [4.78, 5) is 17.4. The molecular weight excluding hydrogens is 401 g/mol. The summed E-state index contributed by atoms with van der Waals surface area (Å²) in [6.45, 7) is 11.3. The summed E-state index contributed by atoms with van der Waals surface area (Å²) in [5, 5.41) is 7.65. The van der Waals surface area contributed by atoms with Crippen LogP contribution in [0.5, 0.6) is 0 Å². The molecule has 0 spiro atoms. The summed E-state index contributed by atoms with van der Waals surface area (Å²) in [5.74, 6) is 0.492. The molecule has 1 unspecified atom stereocenters. The third-order valence-corrected chi connectivity index (χ3v) is 5.80. The summed E-state index contributed by atoms with van der Waals surface area (Å²) >= 11 is 0. The van der Waals surface area contributed by atoms with Crippen molar-refractivity contribution in [1.29, 1.82) is 0 Å². The molecule has 2 aliphatic rings. The van der Waals surface area contributed by atoms with E-state index in [0.717, 1.165) is 64.4 Å². The maximum atomic E-state index is 13.1. The van der Waals surface area contributed by atoms with Crippen molar-refractivity contribution in [2.75, 3.05) is 52.4 Å². The van der Waals surface area contributed by atoms with Gasteiger partial charge in [0.1, 0.15) is 0 Å². The van der Waals surface area contributed by atoms with Gasteiger partial charge in [0.05, 0.1) is 24.8 Å². The molecule has 3 heterocycles. The Kier molecular flexibility index (Phi) is 10.8. The predicted octanol–water partition coefficient (Wildman–Crippen LogP) is 1.53. The van der Waals surface area contributed by atoms with Gasteiger partial charge in [0.15, 0.2) is 0 Å². The smallest absolute Gasteiger partial charge is 0.227 e. The van der Waals surface area contributed by atoms with Crippen LogP contribution < -0.4 is 5.32 Å². The van der Waals surface area contributed by atoms with Crippen molar-refractivity contribution in [3.8, 4) is 0 Å². The Balaban J connectivity index is 0.00000196.